The fourth-order valence-corrected chi connectivity index (χ4v) is 1.36. The highest BCUT2D eigenvalue weighted by atomic mass is 15.1. The third-order valence-corrected chi connectivity index (χ3v) is 2.17. The van der Waals surface area contributed by atoms with Crippen LogP contribution >= 0.6 is 0 Å². The number of hydrogen-bond acceptors (Lipinski definition) is 2. The molecule has 1 fully saturated rings. The van der Waals surface area contributed by atoms with Crippen molar-refractivity contribution in [3.63, 3.8) is 0 Å². The lowest BCUT2D eigenvalue weighted by Gasteiger charge is -2.30. The van der Waals surface area contributed by atoms with Gasteiger partial charge in [-0.15, -0.1) is 0 Å². The molecule has 58 valence electrons. The molecule has 0 amide bonds. The van der Waals surface area contributed by atoms with E-state index in [0.29, 0.717) is 0 Å². The Hall–Kier alpha value is -0.500. The Kier molecular flexibility index (Phi) is 2.75. The van der Waals surface area contributed by atoms with Gasteiger partial charge in [0.25, 0.3) is 0 Å². The third kappa shape index (κ3) is 1.74. The van der Waals surface area contributed by atoms with E-state index in [1.165, 1.54) is 12.8 Å². The quantitative estimate of drug-likeness (QED) is 0.610. The summed E-state index contributed by atoms with van der Waals surface area (Å²) in [6.45, 7) is 6.05. The van der Waals surface area contributed by atoms with E-state index in [1.54, 1.807) is 0 Å². The summed E-state index contributed by atoms with van der Waals surface area (Å²) in [5.41, 5.74) is 0. The molecular formula is C8H16N2. The number of nitrogens with zero attached hydrogens (tertiary/aromatic N) is 1. The van der Waals surface area contributed by atoms with E-state index in [0.717, 1.165) is 19.1 Å². The second kappa shape index (κ2) is 3.62. The predicted octanol–water partition coefficient (Wildman–Crippen LogP) is 0.814. The molecule has 1 aliphatic heterocycles. The molecule has 0 saturated carbocycles. The number of rotatable bonds is 2. The van der Waals surface area contributed by atoms with Gasteiger partial charge in [0.15, 0.2) is 0 Å². The molecule has 0 aliphatic carbocycles. The fraction of sp³-hybridized carbons (Fsp3) is 0.750. The van der Waals surface area contributed by atoms with Gasteiger partial charge in [-0.05, 0) is 32.1 Å². The normalized spacial score (nSPS) is 20.5. The van der Waals surface area contributed by atoms with E-state index in [1.807, 2.05) is 6.20 Å². The third-order valence-electron chi connectivity index (χ3n) is 2.17. The van der Waals surface area contributed by atoms with Gasteiger partial charge >= 0.3 is 0 Å². The van der Waals surface area contributed by atoms with Crippen molar-refractivity contribution in [1.82, 2.24) is 10.2 Å². The van der Waals surface area contributed by atoms with E-state index in [4.69, 9.17) is 0 Å². The topological polar surface area (TPSA) is 15.3 Å². The highest BCUT2D eigenvalue weighted by molar-refractivity contribution is 4.80. The first kappa shape index (κ1) is 7.61. The first-order valence-corrected chi connectivity index (χ1v) is 3.90. The second-order valence-corrected chi connectivity index (χ2v) is 2.83. The van der Waals surface area contributed by atoms with Crippen molar-refractivity contribution in [2.24, 2.45) is 0 Å². The van der Waals surface area contributed by atoms with E-state index < -0.39 is 0 Å². The summed E-state index contributed by atoms with van der Waals surface area (Å²) >= 11 is 0. The molecular weight excluding hydrogens is 124 g/mol. The van der Waals surface area contributed by atoms with Crippen LogP contribution in [0.5, 0.6) is 0 Å². The van der Waals surface area contributed by atoms with E-state index in [-0.39, 0.29) is 0 Å². The van der Waals surface area contributed by atoms with Crippen molar-refractivity contribution >= 4 is 0 Å². The van der Waals surface area contributed by atoms with Gasteiger partial charge in [0.05, 0.1) is 0 Å². The molecule has 1 aliphatic rings. The van der Waals surface area contributed by atoms with E-state index >= 15 is 0 Å². The van der Waals surface area contributed by atoms with E-state index in [2.05, 4.69) is 23.8 Å². The zero-order valence-corrected chi connectivity index (χ0v) is 6.64. The van der Waals surface area contributed by atoms with Crippen LogP contribution < -0.4 is 5.32 Å². The van der Waals surface area contributed by atoms with Gasteiger partial charge in [-0.25, -0.2) is 0 Å². The summed E-state index contributed by atoms with van der Waals surface area (Å²) in [5, 5.41) is 3.33. The number of hydrogen-bond donors (Lipinski definition) is 1. The van der Waals surface area contributed by atoms with Crippen molar-refractivity contribution in [3.05, 3.63) is 12.8 Å². The largest absolute Gasteiger partial charge is 0.378 e. The molecule has 0 aromatic heterocycles. The highest BCUT2D eigenvalue weighted by Crippen LogP contribution is 2.08. The summed E-state index contributed by atoms with van der Waals surface area (Å²) in [5.74, 6) is 0. The van der Waals surface area contributed by atoms with Crippen molar-refractivity contribution in [2.45, 2.75) is 18.9 Å². The number of nitrogens with one attached hydrogen (secondary N) is 1. The van der Waals surface area contributed by atoms with Crippen LogP contribution in [-0.2, 0) is 0 Å². The molecule has 0 aromatic rings. The predicted molar refractivity (Wildman–Crippen MR) is 43.9 cm³/mol. The fourth-order valence-electron chi connectivity index (χ4n) is 1.36. The van der Waals surface area contributed by atoms with E-state index in [9.17, 15) is 0 Å². The lowest BCUT2D eigenvalue weighted by molar-refractivity contribution is 0.264. The zero-order valence-electron chi connectivity index (χ0n) is 6.64. The van der Waals surface area contributed by atoms with Crippen molar-refractivity contribution < 1.29 is 0 Å². The van der Waals surface area contributed by atoms with Crippen molar-refractivity contribution in [2.75, 3.05) is 20.1 Å². The average Bonchev–Trinajstić information content (AvgIpc) is 2.05. The maximum Gasteiger partial charge on any atom is 0.0305 e. The van der Waals surface area contributed by atoms with Gasteiger partial charge < -0.3 is 10.2 Å². The Morgan fingerprint density at radius 2 is 2.10 bits per heavy atom. The molecule has 1 rings (SSSR count). The van der Waals surface area contributed by atoms with Crippen molar-refractivity contribution in [3.8, 4) is 0 Å². The van der Waals surface area contributed by atoms with Crippen LogP contribution in [0, 0.1) is 0 Å². The van der Waals surface area contributed by atoms with Crippen LogP contribution in [-0.4, -0.2) is 31.1 Å². The van der Waals surface area contributed by atoms with Crippen LogP contribution in [0.4, 0.5) is 0 Å². The van der Waals surface area contributed by atoms with Crippen LogP contribution in [0.2, 0.25) is 0 Å². The maximum absolute atomic E-state index is 3.74. The molecule has 0 atom stereocenters. The smallest absolute Gasteiger partial charge is 0.0305 e. The van der Waals surface area contributed by atoms with Gasteiger partial charge in [-0.3, -0.25) is 0 Å². The Labute approximate surface area is 62.9 Å². The molecule has 2 nitrogen and oxygen atoms in total. The second-order valence-electron chi connectivity index (χ2n) is 2.83. The van der Waals surface area contributed by atoms with Gasteiger partial charge in [0.1, 0.15) is 0 Å². The molecule has 0 unspecified atom stereocenters. The molecule has 1 N–H and O–H groups in total. The number of piperidine rings is 1. The molecule has 2 heteroatoms. The minimum atomic E-state index is 0.721. The minimum Gasteiger partial charge on any atom is -0.378 e. The van der Waals surface area contributed by atoms with Gasteiger partial charge in [-0.2, -0.15) is 0 Å². The van der Waals surface area contributed by atoms with Gasteiger partial charge in [-0.1, -0.05) is 6.58 Å². The van der Waals surface area contributed by atoms with Gasteiger partial charge in [0, 0.05) is 13.1 Å². The first-order chi connectivity index (χ1) is 4.84. The standard InChI is InChI=1S/C8H16N2/c1-3-10(2)8-4-6-9-7-5-8/h3,8-9H,1,4-7H2,2H3. The van der Waals surface area contributed by atoms with Crippen LogP contribution in [0.1, 0.15) is 12.8 Å². The SMILES string of the molecule is C=CN(C)C1CCNCC1. The molecule has 10 heavy (non-hydrogen) atoms. The molecule has 0 spiro atoms. The Bertz CT molecular complexity index is 106. The average molecular weight is 140 g/mol. The summed E-state index contributed by atoms with van der Waals surface area (Å²) in [6.07, 6.45) is 4.42. The zero-order chi connectivity index (χ0) is 7.40. The van der Waals surface area contributed by atoms with Gasteiger partial charge in [0.2, 0.25) is 0 Å². The Morgan fingerprint density at radius 1 is 1.50 bits per heavy atom. The maximum atomic E-state index is 3.74. The van der Waals surface area contributed by atoms with Crippen LogP contribution in [0.25, 0.3) is 0 Å². The molecule has 0 radical (unpaired) electrons. The van der Waals surface area contributed by atoms with Crippen LogP contribution in [0.15, 0.2) is 12.8 Å². The highest BCUT2D eigenvalue weighted by Gasteiger charge is 2.14. The summed E-state index contributed by atoms with van der Waals surface area (Å²) in [4.78, 5) is 2.21. The minimum absolute atomic E-state index is 0.721. The molecule has 1 heterocycles. The summed E-state index contributed by atoms with van der Waals surface area (Å²) in [7, 11) is 2.10. The molecule has 1 saturated heterocycles. The lowest BCUT2D eigenvalue weighted by atomic mass is 10.1. The lowest BCUT2D eigenvalue weighted by Crippen LogP contribution is -2.38. The molecule has 0 bridgehead atoms. The Balaban J connectivity index is 2.30. The first-order valence-electron chi connectivity index (χ1n) is 3.90. The monoisotopic (exact) mass is 140 g/mol. The van der Waals surface area contributed by atoms with Crippen molar-refractivity contribution in [1.29, 1.82) is 0 Å². The molecule has 0 aromatic carbocycles. The Morgan fingerprint density at radius 3 is 2.60 bits per heavy atom. The summed E-state index contributed by atoms with van der Waals surface area (Å²) in [6, 6.07) is 0.721. The van der Waals surface area contributed by atoms with Crippen LogP contribution in [0.3, 0.4) is 0 Å². The summed E-state index contributed by atoms with van der Waals surface area (Å²) < 4.78 is 0.